The van der Waals surface area contributed by atoms with Crippen molar-refractivity contribution in [3.8, 4) is 0 Å². The molecule has 0 unspecified atom stereocenters. The molecule has 0 bridgehead atoms. The van der Waals surface area contributed by atoms with Crippen molar-refractivity contribution in [2.45, 2.75) is 65.1 Å². The molecule has 208 valence electrons. The van der Waals surface area contributed by atoms with Gasteiger partial charge in [-0.15, -0.1) is 0 Å². The monoisotopic (exact) mass is 532 g/mol. The van der Waals surface area contributed by atoms with Crippen LogP contribution in [-0.2, 0) is 24.2 Å². The highest BCUT2D eigenvalue weighted by Crippen LogP contribution is 2.27. The van der Waals surface area contributed by atoms with Gasteiger partial charge < -0.3 is 30.9 Å². The molecule has 1 aliphatic heterocycles. The number of carbonyl (C=O) groups is 2. The fourth-order valence-corrected chi connectivity index (χ4v) is 4.91. The van der Waals surface area contributed by atoms with E-state index in [1.807, 2.05) is 50.2 Å². The zero-order valence-corrected chi connectivity index (χ0v) is 23.1. The van der Waals surface area contributed by atoms with Gasteiger partial charge >= 0.3 is 0 Å². The van der Waals surface area contributed by atoms with Gasteiger partial charge in [-0.25, -0.2) is 4.98 Å². The predicted molar refractivity (Wildman–Crippen MR) is 154 cm³/mol. The zero-order valence-electron chi connectivity index (χ0n) is 23.1. The molecule has 2 aromatic carbocycles. The molecule has 3 aromatic rings. The number of anilines is 2. The molecule has 1 saturated heterocycles. The van der Waals surface area contributed by atoms with Crippen LogP contribution in [0.15, 0.2) is 48.5 Å². The number of aliphatic hydroxyl groups is 1. The number of hydrogen-bond acceptors (Lipinski definition) is 6. The van der Waals surface area contributed by atoms with E-state index in [4.69, 9.17) is 0 Å². The number of imidazole rings is 1. The fourth-order valence-electron chi connectivity index (χ4n) is 4.91. The lowest BCUT2D eigenvalue weighted by Crippen LogP contribution is -2.48. The maximum atomic E-state index is 13.5. The Morgan fingerprint density at radius 3 is 2.64 bits per heavy atom. The van der Waals surface area contributed by atoms with Crippen molar-refractivity contribution in [1.82, 2.24) is 20.6 Å². The predicted octanol–water partition coefficient (Wildman–Crippen LogP) is 3.33. The second-order valence-corrected chi connectivity index (χ2v) is 10.0. The highest BCUT2D eigenvalue weighted by Gasteiger charge is 2.26. The molecule has 2 amide bonds. The molecule has 0 radical (unpaired) electrons. The molecule has 0 spiro atoms. The summed E-state index contributed by atoms with van der Waals surface area (Å²) in [4.78, 5) is 35.5. The topological polar surface area (TPSA) is 122 Å². The van der Waals surface area contributed by atoms with E-state index in [1.165, 1.54) is 0 Å². The molecule has 4 rings (SSSR count). The van der Waals surface area contributed by atoms with Crippen molar-refractivity contribution in [3.05, 3.63) is 76.9 Å². The number of nitrogens with zero attached hydrogens (tertiary/aromatic N) is 2. The fraction of sp³-hybridized carbons (Fsp3) is 0.433. The van der Waals surface area contributed by atoms with Crippen molar-refractivity contribution >= 4 is 23.2 Å². The molecule has 1 aromatic heterocycles. The maximum absolute atomic E-state index is 13.5. The average Bonchev–Trinajstić information content (AvgIpc) is 3.53. The first-order valence-corrected chi connectivity index (χ1v) is 13.8. The Morgan fingerprint density at radius 1 is 1.18 bits per heavy atom. The first kappa shape index (κ1) is 28.3. The maximum Gasteiger partial charge on any atom is 0.251 e. The van der Waals surface area contributed by atoms with Crippen LogP contribution in [0.3, 0.4) is 0 Å². The van der Waals surface area contributed by atoms with Crippen molar-refractivity contribution in [2.75, 3.05) is 29.9 Å². The van der Waals surface area contributed by atoms with Gasteiger partial charge in [0.15, 0.2) is 0 Å². The summed E-state index contributed by atoms with van der Waals surface area (Å²) in [6, 6.07) is 14.7. The lowest BCUT2D eigenvalue weighted by molar-refractivity contribution is -0.117. The normalized spacial score (nSPS) is 14.9. The van der Waals surface area contributed by atoms with Crippen molar-refractivity contribution in [1.29, 1.82) is 0 Å². The third kappa shape index (κ3) is 7.46. The first-order chi connectivity index (χ1) is 18.9. The highest BCUT2D eigenvalue weighted by atomic mass is 16.3. The summed E-state index contributed by atoms with van der Waals surface area (Å²) in [5, 5.41) is 20.8. The number of aliphatic hydroxyl groups excluding tert-OH is 1. The average molecular weight is 533 g/mol. The van der Waals surface area contributed by atoms with E-state index in [0.29, 0.717) is 43.7 Å². The number of benzene rings is 2. The Morgan fingerprint density at radius 2 is 1.97 bits per heavy atom. The molecule has 1 aliphatic rings. The molecule has 0 aliphatic carbocycles. The van der Waals surface area contributed by atoms with Crippen LogP contribution in [-0.4, -0.2) is 58.7 Å². The summed E-state index contributed by atoms with van der Waals surface area (Å²) in [5.74, 6) is 0.712. The Labute approximate surface area is 230 Å². The van der Waals surface area contributed by atoms with E-state index in [-0.39, 0.29) is 18.4 Å². The first-order valence-electron chi connectivity index (χ1n) is 13.8. The van der Waals surface area contributed by atoms with E-state index in [9.17, 15) is 14.7 Å². The van der Waals surface area contributed by atoms with Crippen LogP contribution in [0.2, 0.25) is 0 Å². The third-order valence-electron chi connectivity index (χ3n) is 7.04. The van der Waals surface area contributed by atoms with Gasteiger partial charge in [0.1, 0.15) is 5.82 Å². The van der Waals surface area contributed by atoms with Gasteiger partial charge in [-0.1, -0.05) is 37.3 Å². The summed E-state index contributed by atoms with van der Waals surface area (Å²) in [6.45, 7) is 8.17. The molecule has 5 N–H and O–H groups in total. The van der Waals surface area contributed by atoms with Gasteiger partial charge in [0.2, 0.25) is 5.91 Å². The lowest BCUT2D eigenvalue weighted by Gasteiger charge is -2.25. The highest BCUT2D eigenvalue weighted by molar-refractivity contribution is 6.00. The number of nitrogens with one attached hydrogen (secondary N) is 4. The second-order valence-electron chi connectivity index (χ2n) is 10.0. The third-order valence-corrected chi connectivity index (χ3v) is 7.04. The van der Waals surface area contributed by atoms with Crippen LogP contribution < -0.4 is 20.9 Å². The number of aromatic amines is 1. The van der Waals surface area contributed by atoms with Crippen molar-refractivity contribution in [2.24, 2.45) is 0 Å². The molecule has 9 nitrogen and oxygen atoms in total. The molecular formula is C30H40N6O3. The molecule has 2 heterocycles. The van der Waals surface area contributed by atoms with Crippen LogP contribution in [0.1, 0.15) is 59.8 Å². The number of amides is 2. The lowest BCUT2D eigenvalue weighted by atomic mass is 10.00. The Balaban J connectivity index is 1.50. The summed E-state index contributed by atoms with van der Waals surface area (Å²) in [7, 11) is 0. The second kappa shape index (κ2) is 13.4. The van der Waals surface area contributed by atoms with Crippen LogP contribution in [0.5, 0.6) is 0 Å². The van der Waals surface area contributed by atoms with E-state index in [0.717, 1.165) is 41.3 Å². The van der Waals surface area contributed by atoms with Crippen molar-refractivity contribution < 1.29 is 14.7 Å². The number of aryl methyl sites for hydroxylation is 2. The Bertz CT molecular complexity index is 1260. The Kier molecular flexibility index (Phi) is 9.73. The largest absolute Gasteiger partial charge is 0.390 e. The number of hydrogen-bond donors (Lipinski definition) is 5. The van der Waals surface area contributed by atoms with Crippen LogP contribution in [0.4, 0.5) is 11.4 Å². The molecule has 9 heteroatoms. The van der Waals surface area contributed by atoms with Gasteiger partial charge in [0.05, 0.1) is 17.8 Å². The number of H-pyrrole nitrogens is 1. The summed E-state index contributed by atoms with van der Waals surface area (Å²) >= 11 is 0. The van der Waals surface area contributed by atoms with Gasteiger partial charge in [-0.05, 0) is 50.5 Å². The molecule has 1 fully saturated rings. The SMILES string of the molecule is CCNc1cc(C(=O)N[C@@H](Cc2ccccc2)[C@@H](O)CNCc2nc(CC)[nH]c2C)cc(N2CCCC2=O)c1. The smallest absolute Gasteiger partial charge is 0.251 e. The minimum Gasteiger partial charge on any atom is -0.390 e. The van der Waals surface area contributed by atoms with Crippen molar-refractivity contribution in [3.63, 3.8) is 0 Å². The quantitative estimate of drug-likeness (QED) is 0.230. The van der Waals surface area contributed by atoms with E-state index < -0.39 is 12.1 Å². The van der Waals surface area contributed by atoms with E-state index >= 15 is 0 Å². The van der Waals surface area contributed by atoms with E-state index in [2.05, 4.69) is 32.8 Å². The number of carbonyl (C=O) groups excluding carboxylic acids is 2. The van der Waals surface area contributed by atoms with Crippen LogP contribution in [0.25, 0.3) is 0 Å². The number of rotatable bonds is 13. The van der Waals surface area contributed by atoms with Gasteiger partial charge in [-0.3, -0.25) is 9.59 Å². The van der Waals surface area contributed by atoms with Crippen LogP contribution >= 0.6 is 0 Å². The minimum absolute atomic E-state index is 0.0664. The summed E-state index contributed by atoms with van der Waals surface area (Å²) < 4.78 is 0. The summed E-state index contributed by atoms with van der Waals surface area (Å²) in [5.41, 5.74) is 4.89. The molecule has 39 heavy (non-hydrogen) atoms. The molecule has 0 saturated carbocycles. The molecule has 2 atom stereocenters. The Hall–Kier alpha value is -3.69. The van der Waals surface area contributed by atoms with Crippen LogP contribution in [0, 0.1) is 6.92 Å². The van der Waals surface area contributed by atoms with E-state index in [1.54, 1.807) is 17.0 Å². The zero-order chi connectivity index (χ0) is 27.8. The van der Waals surface area contributed by atoms with Gasteiger partial charge in [-0.2, -0.15) is 0 Å². The number of aromatic nitrogens is 2. The minimum atomic E-state index is -0.837. The van der Waals surface area contributed by atoms with Gasteiger partial charge in [0, 0.05) is 61.7 Å². The van der Waals surface area contributed by atoms with Gasteiger partial charge in [0.25, 0.3) is 5.91 Å². The summed E-state index contributed by atoms with van der Waals surface area (Å²) in [6.07, 6.45) is 1.79. The molecular weight excluding hydrogens is 492 g/mol. The standard InChI is InChI=1S/C30H40N6O3/c1-4-28-33-20(3)26(34-28)18-31-19-27(37)25(14-21-10-7-6-8-11-21)35-30(39)22-15-23(32-5-2)17-24(16-22)36-13-9-12-29(36)38/h6-8,10-11,15-17,25,27,31-32,37H,4-5,9,12-14,18-19H2,1-3H3,(H,33,34)(H,35,39)/t25-,27-/m0/s1.